The molecular weight excluding hydrogens is 331 g/mol. The standard InChI is InChI=1S/C18H12F3N3O/c19-18(20,21)13-6-8-14(9-7-13)22-17(25)16-11-10-15(23-24-16)12-4-2-1-3-5-12/h1-11H,(H,22,25). The highest BCUT2D eigenvalue weighted by Gasteiger charge is 2.30. The number of nitrogens with one attached hydrogen (secondary N) is 1. The molecule has 126 valence electrons. The zero-order valence-electron chi connectivity index (χ0n) is 12.8. The fourth-order valence-electron chi connectivity index (χ4n) is 2.15. The zero-order chi connectivity index (χ0) is 17.9. The van der Waals surface area contributed by atoms with E-state index >= 15 is 0 Å². The third-order valence-electron chi connectivity index (χ3n) is 3.44. The van der Waals surface area contributed by atoms with Crippen molar-refractivity contribution < 1.29 is 18.0 Å². The van der Waals surface area contributed by atoms with Crippen LogP contribution in [0.5, 0.6) is 0 Å². The smallest absolute Gasteiger partial charge is 0.321 e. The minimum absolute atomic E-state index is 0.0691. The van der Waals surface area contributed by atoms with E-state index in [1.165, 1.54) is 18.2 Å². The van der Waals surface area contributed by atoms with Gasteiger partial charge in [-0.1, -0.05) is 30.3 Å². The van der Waals surface area contributed by atoms with Crippen LogP contribution in [-0.2, 0) is 6.18 Å². The molecule has 1 amide bonds. The highest BCUT2D eigenvalue weighted by molar-refractivity contribution is 6.02. The molecule has 4 nitrogen and oxygen atoms in total. The first kappa shape index (κ1) is 16.6. The molecule has 0 spiro atoms. The number of alkyl halides is 3. The summed E-state index contributed by atoms with van der Waals surface area (Å²) in [7, 11) is 0. The normalized spacial score (nSPS) is 11.2. The van der Waals surface area contributed by atoms with Crippen LogP contribution in [-0.4, -0.2) is 16.1 Å². The van der Waals surface area contributed by atoms with Crippen LogP contribution < -0.4 is 5.32 Å². The van der Waals surface area contributed by atoms with Crippen LogP contribution >= 0.6 is 0 Å². The second-order valence-corrected chi connectivity index (χ2v) is 5.20. The van der Waals surface area contributed by atoms with Crippen molar-refractivity contribution in [1.29, 1.82) is 0 Å². The van der Waals surface area contributed by atoms with Crippen LogP contribution in [0.25, 0.3) is 11.3 Å². The van der Waals surface area contributed by atoms with E-state index < -0.39 is 17.6 Å². The molecule has 3 rings (SSSR count). The SMILES string of the molecule is O=C(Nc1ccc(C(F)(F)F)cc1)c1ccc(-c2ccccc2)nn1. The van der Waals surface area contributed by atoms with Crippen molar-refractivity contribution in [2.75, 3.05) is 5.32 Å². The van der Waals surface area contributed by atoms with Crippen molar-refractivity contribution in [1.82, 2.24) is 10.2 Å². The highest BCUT2D eigenvalue weighted by atomic mass is 19.4. The lowest BCUT2D eigenvalue weighted by Crippen LogP contribution is -2.14. The van der Waals surface area contributed by atoms with Crippen molar-refractivity contribution in [3.05, 3.63) is 78.0 Å². The van der Waals surface area contributed by atoms with Gasteiger partial charge in [0, 0.05) is 11.3 Å². The molecule has 25 heavy (non-hydrogen) atoms. The Morgan fingerprint density at radius 2 is 1.52 bits per heavy atom. The van der Waals surface area contributed by atoms with Crippen LogP contribution in [0.3, 0.4) is 0 Å². The maximum absolute atomic E-state index is 12.5. The predicted octanol–water partition coefficient (Wildman–Crippen LogP) is 4.41. The second kappa shape index (κ2) is 6.72. The third-order valence-corrected chi connectivity index (χ3v) is 3.44. The van der Waals surface area contributed by atoms with Gasteiger partial charge in [-0.15, -0.1) is 10.2 Å². The molecule has 1 aromatic heterocycles. The molecule has 0 aliphatic rings. The van der Waals surface area contributed by atoms with E-state index in [1.807, 2.05) is 30.3 Å². The van der Waals surface area contributed by atoms with Crippen LogP contribution in [0.1, 0.15) is 16.1 Å². The zero-order valence-corrected chi connectivity index (χ0v) is 12.8. The number of hydrogen-bond acceptors (Lipinski definition) is 3. The van der Waals surface area contributed by atoms with E-state index in [0.29, 0.717) is 5.69 Å². The molecule has 0 aliphatic carbocycles. The molecular formula is C18H12F3N3O. The summed E-state index contributed by atoms with van der Waals surface area (Å²) in [5.74, 6) is -0.549. The molecule has 1 heterocycles. The number of anilines is 1. The average molecular weight is 343 g/mol. The summed E-state index contributed by atoms with van der Waals surface area (Å²) in [4.78, 5) is 12.1. The van der Waals surface area contributed by atoms with E-state index in [4.69, 9.17) is 0 Å². The van der Waals surface area contributed by atoms with Crippen molar-refractivity contribution in [2.45, 2.75) is 6.18 Å². The summed E-state index contributed by atoms with van der Waals surface area (Å²) >= 11 is 0. The Bertz CT molecular complexity index is 861. The topological polar surface area (TPSA) is 54.9 Å². The van der Waals surface area contributed by atoms with Gasteiger partial charge in [0.25, 0.3) is 5.91 Å². The van der Waals surface area contributed by atoms with Crippen LogP contribution in [0.15, 0.2) is 66.7 Å². The predicted molar refractivity (Wildman–Crippen MR) is 86.9 cm³/mol. The summed E-state index contributed by atoms with van der Waals surface area (Å²) in [5, 5.41) is 10.4. The van der Waals surface area contributed by atoms with Crippen molar-refractivity contribution in [3.8, 4) is 11.3 Å². The van der Waals surface area contributed by atoms with Gasteiger partial charge in [0.15, 0.2) is 5.69 Å². The quantitative estimate of drug-likeness (QED) is 0.766. The van der Waals surface area contributed by atoms with Crippen LogP contribution in [0.4, 0.5) is 18.9 Å². The van der Waals surface area contributed by atoms with Gasteiger partial charge in [0.05, 0.1) is 11.3 Å². The van der Waals surface area contributed by atoms with Crippen molar-refractivity contribution in [3.63, 3.8) is 0 Å². The van der Waals surface area contributed by atoms with Crippen molar-refractivity contribution in [2.24, 2.45) is 0 Å². The number of carbonyl (C=O) groups is 1. The fourth-order valence-corrected chi connectivity index (χ4v) is 2.15. The second-order valence-electron chi connectivity index (χ2n) is 5.20. The number of amides is 1. The fraction of sp³-hybridized carbons (Fsp3) is 0.0556. The number of hydrogen-bond donors (Lipinski definition) is 1. The van der Waals surface area contributed by atoms with E-state index in [1.54, 1.807) is 6.07 Å². The summed E-state index contributed by atoms with van der Waals surface area (Å²) in [5.41, 5.74) is 1.01. The van der Waals surface area contributed by atoms with Gasteiger partial charge >= 0.3 is 6.18 Å². The first-order valence-corrected chi connectivity index (χ1v) is 7.31. The molecule has 0 aliphatic heterocycles. The van der Waals surface area contributed by atoms with E-state index in [0.717, 1.165) is 17.7 Å². The Morgan fingerprint density at radius 1 is 0.840 bits per heavy atom. The van der Waals surface area contributed by atoms with Gasteiger partial charge in [-0.25, -0.2) is 0 Å². The lowest BCUT2D eigenvalue weighted by molar-refractivity contribution is -0.137. The van der Waals surface area contributed by atoms with Gasteiger partial charge in [0.1, 0.15) is 0 Å². The Balaban J connectivity index is 1.71. The first-order chi connectivity index (χ1) is 11.9. The molecule has 0 radical (unpaired) electrons. The van der Waals surface area contributed by atoms with Crippen LogP contribution in [0, 0.1) is 0 Å². The molecule has 3 aromatic rings. The van der Waals surface area contributed by atoms with E-state index in [2.05, 4.69) is 15.5 Å². The number of carbonyl (C=O) groups excluding carboxylic acids is 1. The molecule has 0 atom stereocenters. The van der Waals surface area contributed by atoms with E-state index in [9.17, 15) is 18.0 Å². The molecule has 0 saturated carbocycles. The molecule has 0 saturated heterocycles. The lowest BCUT2D eigenvalue weighted by Gasteiger charge is -2.08. The number of nitrogens with zero attached hydrogens (tertiary/aromatic N) is 2. The monoisotopic (exact) mass is 343 g/mol. The van der Waals surface area contributed by atoms with Gasteiger partial charge in [-0.3, -0.25) is 4.79 Å². The molecule has 7 heteroatoms. The maximum Gasteiger partial charge on any atom is 0.416 e. The number of benzene rings is 2. The summed E-state index contributed by atoms with van der Waals surface area (Å²) in [6, 6.07) is 16.7. The Kier molecular flexibility index (Phi) is 4.47. The lowest BCUT2D eigenvalue weighted by atomic mass is 10.1. The number of halogens is 3. The third kappa shape index (κ3) is 4.00. The largest absolute Gasteiger partial charge is 0.416 e. The molecule has 0 unspecified atom stereocenters. The summed E-state index contributed by atoms with van der Waals surface area (Å²) < 4.78 is 37.6. The van der Waals surface area contributed by atoms with Gasteiger partial charge in [-0.05, 0) is 36.4 Å². The number of aromatic nitrogens is 2. The minimum Gasteiger partial charge on any atom is -0.321 e. The molecule has 1 N–H and O–H groups in total. The Labute approximate surface area is 141 Å². The number of rotatable bonds is 3. The minimum atomic E-state index is -4.42. The van der Waals surface area contributed by atoms with Gasteiger partial charge in [-0.2, -0.15) is 13.2 Å². The van der Waals surface area contributed by atoms with Crippen LogP contribution in [0.2, 0.25) is 0 Å². The average Bonchev–Trinajstić information content (AvgIpc) is 2.62. The molecule has 2 aromatic carbocycles. The van der Waals surface area contributed by atoms with Crippen molar-refractivity contribution >= 4 is 11.6 Å². The van der Waals surface area contributed by atoms with Gasteiger partial charge < -0.3 is 5.32 Å². The highest BCUT2D eigenvalue weighted by Crippen LogP contribution is 2.29. The summed E-state index contributed by atoms with van der Waals surface area (Å²) in [6.07, 6.45) is -4.42. The van der Waals surface area contributed by atoms with Gasteiger partial charge in [0.2, 0.25) is 0 Å². The molecule has 0 fully saturated rings. The maximum atomic E-state index is 12.5. The first-order valence-electron chi connectivity index (χ1n) is 7.31. The molecule has 0 bridgehead atoms. The Morgan fingerprint density at radius 3 is 2.08 bits per heavy atom. The van der Waals surface area contributed by atoms with E-state index in [-0.39, 0.29) is 11.4 Å². The Hall–Kier alpha value is -3.22. The summed E-state index contributed by atoms with van der Waals surface area (Å²) in [6.45, 7) is 0.